The molecule has 1 N–H and O–H groups in total. The average molecular weight is 393 g/mol. The van der Waals surface area contributed by atoms with Gasteiger partial charge in [-0.15, -0.1) is 0 Å². The summed E-state index contributed by atoms with van der Waals surface area (Å²) in [6.45, 7) is 4.23. The second-order valence-electron chi connectivity index (χ2n) is 6.86. The van der Waals surface area contributed by atoms with E-state index in [-0.39, 0.29) is 23.9 Å². The molecule has 3 aromatic rings. The average Bonchev–Trinajstić information content (AvgIpc) is 3.04. The maximum atomic E-state index is 13.3. The molecule has 7 heteroatoms. The fraction of sp³-hybridized carbons (Fsp3) is 0.227. The van der Waals surface area contributed by atoms with Crippen molar-refractivity contribution in [2.75, 3.05) is 11.9 Å². The number of carbonyl (C=O) groups is 2. The number of hydrogen-bond acceptors (Lipinski definition) is 4. The van der Waals surface area contributed by atoms with Gasteiger partial charge in [-0.1, -0.05) is 0 Å². The minimum absolute atomic E-state index is 0.0506. The van der Waals surface area contributed by atoms with Gasteiger partial charge < -0.3 is 10.1 Å². The summed E-state index contributed by atoms with van der Waals surface area (Å²) in [7, 11) is 0. The number of ether oxygens (including phenoxy) is 1. The lowest BCUT2D eigenvalue weighted by atomic mass is 9.85. The van der Waals surface area contributed by atoms with Gasteiger partial charge in [-0.2, -0.15) is 5.10 Å². The molecule has 1 aliphatic heterocycles. The second-order valence-corrected chi connectivity index (χ2v) is 6.86. The van der Waals surface area contributed by atoms with E-state index in [0.29, 0.717) is 40.7 Å². The van der Waals surface area contributed by atoms with E-state index in [1.54, 1.807) is 48.0 Å². The van der Waals surface area contributed by atoms with Gasteiger partial charge in [-0.3, -0.25) is 9.59 Å². The van der Waals surface area contributed by atoms with E-state index in [1.165, 1.54) is 12.1 Å². The molecule has 2 aromatic carbocycles. The highest BCUT2D eigenvalue weighted by Gasteiger charge is 2.36. The van der Waals surface area contributed by atoms with Crippen LogP contribution in [0.25, 0.3) is 5.69 Å². The van der Waals surface area contributed by atoms with E-state index in [2.05, 4.69) is 10.4 Å². The van der Waals surface area contributed by atoms with Crippen LogP contribution >= 0.6 is 0 Å². The Labute approximate surface area is 167 Å². The second kappa shape index (κ2) is 7.50. The molecule has 0 bridgehead atoms. The first kappa shape index (κ1) is 18.9. The summed E-state index contributed by atoms with van der Waals surface area (Å²) < 4.78 is 20.3. The summed E-state index contributed by atoms with van der Waals surface area (Å²) in [4.78, 5) is 25.6. The van der Waals surface area contributed by atoms with Crippen LogP contribution in [-0.4, -0.2) is 28.1 Å². The van der Waals surface area contributed by atoms with Gasteiger partial charge in [-0.25, -0.2) is 9.07 Å². The quantitative estimate of drug-likeness (QED) is 0.665. The molecule has 1 atom stereocenters. The number of nitrogens with one attached hydrogen (secondary N) is 1. The van der Waals surface area contributed by atoms with Crippen LogP contribution in [-0.2, 0) is 4.79 Å². The molecule has 2 heterocycles. The lowest BCUT2D eigenvalue weighted by Crippen LogP contribution is -2.28. The van der Waals surface area contributed by atoms with Gasteiger partial charge in [0.05, 0.1) is 23.9 Å². The fourth-order valence-electron chi connectivity index (χ4n) is 3.62. The first-order valence-corrected chi connectivity index (χ1v) is 9.40. The van der Waals surface area contributed by atoms with E-state index < -0.39 is 5.92 Å². The van der Waals surface area contributed by atoms with Crippen LogP contribution < -0.4 is 10.1 Å². The van der Waals surface area contributed by atoms with Crippen molar-refractivity contribution in [2.24, 2.45) is 0 Å². The fourth-order valence-corrected chi connectivity index (χ4v) is 3.62. The van der Waals surface area contributed by atoms with Crippen molar-refractivity contribution in [2.45, 2.75) is 26.2 Å². The van der Waals surface area contributed by atoms with Crippen LogP contribution in [0.5, 0.6) is 5.75 Å². The molecule has 0 saturated carbocycles. The number of benzene rings is 2. The number of nitrogens with zero attached hydrogens (tertiary/aromatic N) is 2. The molecule has 0 saturated heterocycles. The number of amides is 1. The SMILES string of the molecule is CCOc1ccc(C(=O)C2CC(=O)Nc3c2c(C)nn3-c2ccc(F)cc2)cc1. The lowest BCUT2D eigenvalue weighted by molar-refractivity contribution is -0.116. The summed E-state index contributed by atoms with van der Waals surface area (Å²) in [5.41, 5.74) is 2.44. The van der Waals surface area contributed by atoms with Gasteiger partial charge in [0.15, 0.2) is 5.78 Å². The number of hydrogen-bond donors (Lipinski definition) is 1. The van der Waals surface area contributed by atoms with Crippen LogP contribution in [0.15, 0.2) is 48.5 Å². The highest BCUT2D eigenvalue weighted by Crippen LogP contribution is 2.38. The van der Waals surface area contributed by atoms with Crippen molar-refractivity contribution in [3.63, 3.8) is 0 Å². The van der Waals surface area contributed by atoms with Gasteiger partial charge in [0.1, 0.15) is 17.4 Å². The zero-order valence-electron chi connectivity index (χ0n) is 16.1. The summed E-state index contributed by atoms with van der Waals surface area (Å²) in [5, 5.41) is 7.32. The summed E-state index contributed by atoms with van der Waals surface area (Å²) >= 11 is 0. The number of anilines is 1. The molecule has 148 valence electrons. The normalized spacial score (nSPS) is 15.6. The summed E-state index contributed by atoms with van der Waals surface area (Å²) in [6.07, 6.45) is 0.0506. The van der Waals surface area contributed by atoms with Crippen molar-refractivity contribution in [3.8, 4) is 11.4 Å². The molecule has 6 nitrogen and oxygen atoms in total. The van der Waals surface area contributed by atoms with Crippen molar-refractivity contribution in [1.82, 2.24) is 9.78 Å². The smallest absolute Gasteiger partial charge is 0.226 e. The molecule has 0 radical (unpaired) electrons. The number of aromatic nitrogens is 2. The van der Waals surface area contributed by atoms with Crippen LogP contribution in [0, 0.1) is 12.7 Å². The Balaban J connectivity index is 1.73. The Morgan fingerprint density at radius 3 is 2.55 bits per heavy atom. The minimum Gasteiger partial charge on any atom is -0.494 e. The van der Waals surface area contributed by atoms with Crippen molar-refractivity contribution in [3.05, 3.63) is 71.2 Å². The third-order valence-corrected chi connectivity index (χ3v) is 4.94. The third-order valence-electron chi connectivity index (χ3n) is 4.94. The zero-order valence-corrected chi connectivity index (χ0v) is 16.1. The van der Waals surface area contributed by atoms with E-state index in [0.717, 1.165) is 0 Å². The van der Waals surface area contributed by atoms with E-state index in [9.17, 15) is 14.0 Å². The van der Waals surface area contributed by atoms with Gasteiger partial charge in [0.2, 0.25) is 5.91 Å². The van der Waals surface area contributed by atoms with Crippen LogP contribution in [0.3, 0.4) is 0 Å². The van der Waals surface area contributed by atoms with Crippen molar-refractivity contribution in [1.29, 1.82) is 0 Å². The predicted octanol–water partition coefficient (Wildman–Crippen LogP) is 4.03. The van der Waals surface area contributed by atoms with E-state index >= 15 is 0 Å². The Bertz CT molecular complexity index is 1070. The largest absolute Gasteiger partial charge is 0.494 e. The molecule has 0 aliphatic carbocycles. The zero-order chi connectivity index (χ0) is 20.5. The highest BCUT2D eigenvalue weighted by atomic mass is 19.1. The maximum absolute atomic E-state index is 13.3. The van der Waals surface area contributed by atoms with E-state index in [4.69, 9.17) is 4.74 Å². The third kappa shape index (κ3) is 3.51. The van der Waals surface area contributed by atoms with Gasteiger partial charge >= 0.3 is 0 Å². The number of ketones is 1. The Kier molecular flexibility index (Phi) is 4.88. The molecular weight excluding hydrogens is 373 g/mol. The number of rotatable bonds is 5. The molecule has 4 rings (SSSR count). The highest BCUT2D eigenvalue weighted by molar-refractivity contribution is 6.08. The van der Waals surface area contributed by atoms with Crippen LogP contribution in [0.1, 0.15) is 40.9 Å². The maximum Gasteiger partial charge on any atom is 0.226 e. The number of carbonyl (C=O) groups excluding carboxylic acids is 2. The van der Waals surface area contributed by atoms with Crippen LogP contribution in [0.2, 0.25) is 0 Å². The molecule has 1 amide bonds. The first-order valence-electron chi connectivity index (χ1n) is 9.40. The van der Waals surface area contributed by atoms with E-state index in [1.807, 2.05) is 6.92 Å². The number of fused-ring (bicyclic) bond motifs is 1. The van der Waals surface area contributed by atoms with Gasteiger partial charge in [0, 0.05) is 17.5 Å². The predicted molar refractivity (Wildman–Crippen MR) is 106 cm³/mol. The molecule has 1 aromatic heterocycles. The van der Waals surface area contributed by atoms with Crippen LogP contribution in [0.4, 0.5) is 10.2 Å². The monoisotopic (exact) mass is 393 g/mol. The Hall–Kier alpha value is -3.48. The van der Waals surface area contributed by atoms with Gasteiger partial charge in [-0.05, 0) is 62.4 Å². The van der Waals surface area contributed by atoms with Crippen molar-refractivity contribution >= 4 is 17.5 Å². The number of aryl methyl sites for hydroxylation is 1. The van der Waals surface area contributed by atoms with Gasteiger partial charge in [0.25, 0.3) is 0 Å². The Morgan fingerprint density at radius 2 is 1.90 bits per heavy atom. The molecule has 29 heavy (non-hydrogen) atoms. The Morgan fingerprint density at radius 1 is 1.21 bits per heavy atom. The topological polar surface area (TPSA) is 73.2 Å². The molecule has 0 fully saturated rings. The minimum atomic E-state index is -0.633. The number of halogens is 1. The molecular formula is C22H20FN3O3. The molecule has 1 unspecified atom stereocenters. The first-order chi connectivity index (χ1) is 14.0. The lowest BCUT2D eigenvalue weighted by Gasteiger charge is -2.23. The standard InChI is InChI=1S/C22H20FN3O3/c1-3-29-17-10-4-14(5-11-17)21(28)18-12-19(27)24-22-20(18)13(2)25-26(22)16-8-6-15(23)7-9-16/h4-11,18H,3,12H2,1-2H3,(H,24,27). The summed E-state index contributed by atoms with van der Waals surface area (Å²) in [6, 6.07) is 12.7. The molecule has 0 spiro atoms. The number of Topliss-reactive ketones (excluding diaryl/α,β-unsaturated/α-hetero) is 1. The summed E-state index contributed by atoms with van der Waals surface area (Å²) in [5.74, 6) is -0.262. The van der Waals surface area contributed by atoms with Crippen molar-refractivity contribution < 1.29 is 18.7 Å². The molecule has 1 aliphatic rings.